The van der Waals surface area contributed by atoms with Gasteiger partial charge in [0, 0.05) is 44.1 Å². The van der Waals surface area contributed by atoms with Crippen LogP contribution < -0.4 is 4.74 Å². The summed E-state index contributed by atoms with van der Waals surface area (Å²) in [5.41, 5.74) is 10.7. The lowest BCUT2D eigenvalue weighted by atomic mass is 9.87. The summed E-state index contributed by atoms with van der Waals surface area (Å²) in [5.74, 6) is 3.53. The molecule has 0 radical (unpaired) electrons. The molecule has 54 heavy (non-hydrogen) atoms. The molecule has 0 spiro atoms. The van der Waals surface area contributed by atoms with Gasteiger partial charge in [0.25, 0.3) is 0 Å². The van der Waals surface area contributed by atoms with E-state index in [4.69, 9.17) is 19.7 Å². The SMILES string of the molecule is c1ccc(-c2nc(-c3ccccc3)nc(-c3ccc4c5c(cccc35)-c3c(cccc3-c3cccc(-n5c6ccccc6c6ccccc65)c3)O4)n2)cc1. The van der Waals surface area contributed by atoms with Crippen molar-refractivity contribution in [3.63, 3.8) is 0 Å². The van der Waals surface area contributed by atoms with Gasteiger partial charge < -0.3 is 9.30 Å². The van der Waals surface area contributed by atoms with Gasteiger partial charge in [-0.1, -0.05) is 140 Å². The van der Waals surface area contributed by atoms with Gasteiger partial charge in [0.05, 0.1) is 11.0 Å². The van der Waals surface area contributed by atoms with Gasteiger partial charge in [-0.15, -0.1) is 0 Å². The minimum Gasteiger partial charge on any atom is -0.456 e. The maximum atomic E-state index is 6.75. The molecule has 8 aromatic carbocycles. The van der Waals surface area contributed by atoms with Gasteiger partial charge in [-0.25, -0.2) is 15.0 Å². The quantitative estimate of drug-likeness (QED) is 0.180. The Bertz CT molecular complexity index is 2970. The summed E-state index contributed by atoms with van der Waals surface area (Å²) in [4.78, 5) is 15.1. The topological polar surface area (TPSA) is 52.8 Å². The highest BCUT2D eigenvalue weighted by molar-refractivity contribution is 6.12. The largest absolute Gasteiger partial charge is 0.456 e. The molecule has 0 aliphatic carbocycles. The zero-order valence-electron chi connectivity index (χ0n) is 29.0. The van der Waals surface area contributed by atoms with E-state index in [9.17, 15) is 0 Å². The Hall–Kier alpha value is -7.37. The molecular formula is C49H30N4O. The summed E-state index contributed by atoms with van der Waals surface area (Å²) in [5, 5.41) is 4.55. The molecule has 0 atom stereocenters. The van der Waals surface area contributed by atoms with Gasteiger partial charge in [0.2, 0.25) is 0 Å². The number of nitrogens with zero attached hydrogens (tertiary/aromatic N) is 4. The molecule has 5 nitrogen and oxygen atoms in total. The molecule has 0 saturated heterocycles. The van der Waals surface area contributed by atoms with Gasteiger partial charge >= 0.3 is 0 Å². The van der Waals surface area contributed by atoms with Crippen molar-refractivity contribution >= 4 is 32.6 Å². The Morgan fingerprint density at radius 1 is 0.370 bits per heavy atom. The van der Waals surface area contributed by atoms with Crippen LogP contribution in [-0.2, 0) is 0 Å². The molecule has 2 aromatic heterocycles. The van der Waals surface area contributed by atoms with Crippen molar-refractivity contribution in [3.05, 3.63) is 182 Å². The molecule has 1 aliphatic heterocycles. The van der Waals surface area contributed by atoms with Crippen LogP contribution in [0.4, 0.5) is 0 Å². The fourth-order valence-electron chi connectivity index (χ4n) is 8.06. The van der Waals surface area contributed by atoms with Gasteiger partial charge in [0.1, 0.15) is 11.5 Å². The number of rotatable bonds is 5. The van der Waals surface area contributed by atoms with Crippen molar-refractivity contribution in [1.29, 1.82) is 0 Å². The van der Waals surface area contributed by atoms with Gasteiger partial charge in [-0.2, -0.15) is 0 Å². The molecule has 0 saturated carbocycles. The zero-order chi connectivity index (χ0) is 35.6. The molecule has 0 fully saturated rings. The first kappa shape index (κ1) is 30.3. The Morgan fingerprint density at radius 3 is 1.63 bits per heavy atom. The zero-order valence-corrected chi connectivity index (χ0v) is 29.0. The second-order valence-corrected chi connectivity index (χ2v) is 13.6. The van der Waals surface area contributed by atoms with Crippen molar-refractivity contribution in [1.82, 2.24) is 19.5 Å². The molecule has 0 unspecified atom stereocenters. The fourth-order valence-corrected chi connectivity index (χ4v) is 8.06. The second-order valence-electron chi connectivity index (χ2n) is 13.6. The molecule has 252 valence electrons. The van der Waals surface area contributed by atoms with E-state index in [1.807, 2.05) is 66.7 Å². The molecule has 0 amide bonds. The van der Waals surface area contributed by atoms with E-state index in [-0.39, 0.29) is 0 Å². The van der Waals surface area contributed by atoms with Crippen LogP contribution in [0.15, 0.2) is 182 Å². The Kier molecular flexibility index (Phi) is 6.79. The summed E-state index contributed by atoms with van der Waals surface area (Å²) in [6.45, 7) is 0. The lowest BCUT2D eigenvalue weighted by Crippen LogP contribution is -2.02. The third kappa shape index (κ3) is 4.76. The van der Waals surface area contributed by atoms with Gasteiger partial charge in [-0.05, 0) is 64.5 Å². The average Bonchev–Trinajstić information content (AvgIpc) is 3.58. The van der Waals surface area contributed by atoms with Gasteiger partial charge in [0.15, 0.2) is 17.5 Å². The number of para-hydroxylation sites is 2. The minimum atomic E-state index is 0.615. The Labute approximate surface area is 311 Å². The summed E-state index contributed by atoms with van der Waals surface area (Å²) in [6.07, 6.45) is 0. The minimum absolute atomic E-state index is 0.615. The van der Waals surface area contributed by atoms with Crippen molar-refractivity contribution in [3.8, 4) is 73.6 Å². The summed E-state index contributed by atoms with van der Waals surface area (Å²) in [7, 11) is 0. The van der Waals surface area contributed by atoms with Crippen LogP contribution in [0.3, 0.4) is 0 Å². The number of benzene rings is 8. The van der Waals surface area contributed by atoms with Crippen LogP contribution in [0.2, 0.25) is 0 Å². The third-order valence-corrected chi connectivity index (χ3v) is 10.5. The highest BCUT2D eigenvalue weighted by Gasteiger charge is 2.26. The van der Waals surface area contributed by atoms with E-state index < -0.39 is 0 Å². The Morgan fingerprint density at radius 2 is 0.926 bits per heavy atom. The highest BCUT2D eigenvalue weighted by atomic mass is 16.5. The number of hydrogen-bond donors (Lipinski definition) is 0. The molecule has 10 aromatic rings. The second kappa shape index (κ2) is 12.1. The first-order valence-electron chi connectivity index (χ1n) is 18.1. The number of fused-ring (bicyclic) bond motifs is 5. The van der Waals surface area contributed by atoms with Crippen molar-refractivity contribution in [2.75, 3.05) is 0 Å². The standard InChI is InChI=1S/C49H30N4O/c1-3-14-31(15-4-1)47-50-48(32-16-5-2-6-17-32)52-49(51-47)39-28-29-44-46-38(39)23-12-24-40(46)45-35(22-13-27-43(45)54-44)33-18-11-19-34(30-33)53-41-25-9-7-20-36(41)37-21-8-10-26-42(37)53/h1-30H. The maximum absolute atomic E-state index is 6.75. The van der Waals surface area contributed by atoms with Crippen LogP contribution in [0, 0.1) is 0 Å². The monoisotopic (exact) mass is 690 g/mol. The number of hydrogen-bond acceptors (Lipinski definition) is 4. The number of aromatic nitrogens is 4. The van der Waals surface area contributed by atoms with E-state index >= 15 is 0 Å². The summed E-state index contributed by atoms with van der Waals surface area (Å²) < 4.78 is 9.11. The predicted molar refractivity (Wildman–Crippen MR) is 219 cm³/mol. The van der Waals surface area contributed by atoms with E-state index in [0.717, 1.165) is 66.9 Å². The molecule has 0 bridgehead atoms. The van der Waals surface area contributed by atoms with E-state index in [2.05, 4.69) is 120 Å². The van der Waals surface area contributed by atoms with Crippen LogP contribution in [0.25, 0.3) is 94.7 Å². The Balaban J connectivity index is 1.09. The van der Waals surface area contributed by atoms with Crippen molar-refractivity contribution in [2.45, 2.75) is 0 Å². The van der Waals surface area contributed by atoms with Crippen molar-refractivity contribution in [2.24, 2.45) is 0 Å². The molecule has 3 heterocycles. The lowest BCUT2D eigenvalue weighted by molar-refractivity contribution is 0.487. The normalized spacial score (nSPS) is 11.9. The molecule has 0 N–H and O–H groups in total. The lowest BCUT2D eigenvalue weighted by Gasteiger charge is -2.25. The smallest absolute Gasteiger partial charge is 0.164 e. The van der Waals surface area contributed by atoms with E-state index in [1.54, 1.807) is 0 Å². The van der Waals surface area contributed by atoms with Crippen LogP contribution in [0.1, 0.15) is 0 Å². The first-order chi connectivity index (χ1) is 26.8. The van der Waals surface area contributed by atoms with Gasteiger partial charge in [-0.3, -0.25) is 0 Å². The predicted octanol–water partition coefficient (Wildman–Crippen LogP) is 12.6. The summed E-state index contributed by atoms with van der Waals surface area (Å²) in [6, 6.07) is 63.2. The number of ether oxygens (including phenoxy) is 1. The van der Waals surface area contributed by atoms with Crippen LogP contribution >= 0.6 is 0 Å². The molecule has 1 aliphatic rings. The first-order valence-corrected chi connectivity index (χ1v) is 18.1. The maximum Gasteiger partial charge on any atom is 0.164 e. The fraction of sp³-hybridized carbons (Fsp3) is 0. The van der Waals surface area contributed by atoms with Crippen molar-refractivity contribution < 1.29 is 4.74 Å². The highest BCUT2D eigenvalue weighted by Crippen LogP contribution is 2.51. The van der Waals surface area contributed by atoms with Crippen LogP contribution in [0.5, 0.6) is 11.5 Å². The molecular weight excluding hydrogens is 661 g/mol. The van der Waals surface area contributed by atoms with Crippen LogP contribution in [-0.4, -0.2) is 19.5 Å². The van der Waals surface area contributed by atoms with E-state index in [1.165, 1.54) is 21.8 Å². The molecule has 5 heteroatoms. The third-order valence-electron chi connectivity index (χ3n) is 10.5. The summed E-state index contributed by atoms with van der Waals surface area (Å²) >= 11 is 0. The average molecular weight is 691 g/mol. The molecule has 11 rings (SSSR count). The van der Waals surface area contributed by atoms with E-state index in [0.29, 0.717) is 17.5 Å².